The van der Waals surface area contributed by atoms with Gasteiger partial charge >= 0.3 is 0 Å². The van der Waals surface area contributed by atoms with Crippen LogP contribution in [0.5, 0.6) is 5.75 Å². The molecule has 0 aliphatic carbocycles. The normalized spacial score (nSPS) is 9.69. The predicted molar refractivity (Wildman–Crippen MR) is 149 cm³/mol. The molecule has 0 spiro atoms. The summed E-state index contributed by atoms with van der Waals surface area (Å²) in [4.78, 5) is 18.2. The number of rotatable bonds is 6. The second-order valence-corrected chi connectivity index (χ2v) is 9.06. The van der Waals surface area contributed by atoms with Crippen LogP contribution >= 0.6 is 25.3 Å². The Kier molecular flexibility index (Phi) is 16.3. The van der Waals surface area contributed by atoms with Gasteiger partial charge in [-0.25, -0.2) is 13.6 Å². The van der Waals surface area contributed by atoms with Gasteiger partial charge in [0.05, 0.1) is 12.0 Å². The number of primary amides is 2. The van der Waals surface area contributed by atoms with Crippen LogP contribution in [0.1, 0.15) is 26.5 Å². The minimum Gasteiger partial charge on any atom is -0.497 e. The first-order chi connectivity index (χ1) is 15.9. The predicted octanol–water partition coefficient (Wildman–Crippen LogP) is 4.02. The van der Waals surface area contributed by atoms with E-state index in [1.54, 1.807) is 25.3 Å². The molecule has 8 N–H and O–H groups in total. The SMILES string of the molecule is C.CCCc1cc(-c2ccc(OC)cc2)c(-c2ccccc2S(N)(=O)=O)o1.NC(=O)S.NC(=O)S.O. The van der Waals surface area contributed by atoms with Crippen LogP contribution in [0, 0.1) is 0 Å². The molecule has 200 valence electrons. The fourth-order valence-electron chi connectivity index (χ4n) is 2.90. The first kappa shape index (κ1) is 35.2. The van der Waals surface area contributed by atoms with Crippen LogP contribution in [-0.2, 0) is 16.4 Å². The zero-order valence-electron chi connectivity index (χ0n) is 19.1. The molecule has 0 radical (unpaired) electrons. The van der Waals surface area contributed by atoms with E-state index in [-0.39, 0.29) is 17.8 Å². The first-order valence-corrected chi connectivity index (χ1v) is 12.2. The number of methoxy groups -OCH3 is 1. The average Bonchev–Trinajstić information content (AvgIpc) is 3.16. The highest BCUT2D eigenvalue weighted by Gasteiger charge is 2.21. The smallest absolute Gasteiger partial charge is 0.273 e. The van der Waals surface area contributed by atoms with Gasteiger partial charge in [0.25, 0.3) is 10.5 Å². The standard InChI is InChI=1S/C20H21NO4S.2CH3NOS.CH4.H2O/c1-3-6-16-13-18(14-9-11-15(24-2)12-10-14)20(25-16)17-7-4-5-8-19(17)26(21,22)23;2*2-1(3)4;;/h4-5,7-13H,3,6H2,1-2H3,(H2,21,22,23);2*(H3,2,3,4);1H4;1H2. The maximum absolute atomic E-state index is 12.0. The Morgan fingerprint density at radius 2 is 1.47 bits per heavy atom. The summed E-state index contributed by atoms with van der Waals surface area (Å²) in [5.41, 5.74) is 10.9. The topological polar surface area (TPSA) is 200 Å². The maximum Gasteiger partial charge on any atom is 0.273 e. The number of carbonyl (C=O) groups excluding carboxylic acids is 2. The van der Waals surface area contributed by atoms with Gasteiger partial charge in [-0.3, -0.25) is 9.59 Å². The number of sulfonamides is 1. The number of aryl methyl sites for hydroxylation is 1. The molecule has 0 saturated heterocycles. The van der Waals surface area contributed by atoms with Crippen LogP contribution in [0.2, 0.25) is 0 Å². The number of primary sulfonamides is 1. The quantitative estimate of drug-likeness (QED) is 0.282. The van der Waals surface area contributed by atoms with Crippen molar-refractivity contribution in [3.05, 3.63) is 60.4 Å². The molecule has 1 aromatic heterocycles. The largest absolute Gasteiger partial charge is 0.497 e. The van der Waals surface area contributed by atoms with E-state index >= 15 is 0 Å². The summed E-state index contributed by atoms with van der Waals surface area (Å²) in [7, 11) is -2.26. The molecule has 2 amide bonds. The Morgan fingerprint density at radius 1 is 0.972 bits per heavy atom. The van der Waals surface area contributed by atoms with Crippen LogP contribution in [-0.4, -0.2) is 31.5 Å². The second kappa shape index (κ2) is 16.7. The Labute approximate surface area is 222 Å². The highest BCUT2D eigenvalue weighted by molar-refractivity contribution is 7.96. The van der Waals surface area contributed by atoms with E-state index in [2.05, 4.69) is 43.6 Å². The molecule has 10 nitrogen and oxygen atoms in total. The maximum atomic E-state index is 12.0. The van der Waals surface area contributed by atoms with E-state index in [9.17, 15) is 8.42 Å². The lowest BCUT2D eigenvalue weighted by molar-refractivity contribution is 0.266. The van der Waals surface area contributed by atoms with Crippen LogP contribution in [0.15, 0.2) is 63.9 Å². The van der Waals surface area contributed by atoms with Crippen molar-refractivity contribution < 1.29 is 32.6 Å². The van der Waals surface area contributed by atoms with Crippen LogP contribution in [0.4, 0.5) is 9.59 Å². The summed E-state index contributed by atoms with van der Waals surface area (Å²) in [5, 5.41) is 4.12. The lowest BCUT2D eigenvalue weighted by Crippen LogP contribution is -2.13. The summed E-state index contributed by atoms with van der Waals surface area (Å²) < 4.78 is 35.3. The number of hydrogen-bond acceptors (Lipinski definition) is 6. The Hall–Kier alpha value is -2.97. The molecule has 13 heteroatoms. The molecular weight excluding hydrogens is 526 g/mol. The van der Waals surface area contributed by atoms with Crippen molar-refractivity contribution >= 4 is 45.8 Å². The molecule has 0 aliphatic rings. The molecule has 0 fully saturated rings. The third kappa shape index (κ3) is 11.6. The summed E-state index contributed by atoms with van der Waals surface area (Å²) >= 11 is 6.21. The van der Waals surface area contributed by atoms with Crippen molar-refractivity contribution in [3.8, 4) is 28.2 Å². The van der Waals surface area contributed by atoms with Crippen molar-refractivity contribution in [2.75, 3.05) is 7.11 Å². The Bertz CT molecular complexity index is 1190. The fraction of sp³-hybridized carbons (Fsp3) is 0.217. The van der Waals surface area contributed by atoms with E-state index in [0.29, 0.717) is 11.3 Å². The summed E-state index contributed by atoms with van der Waals surface area (Å²) in [6, 6.07) is 16.1. The number of amides is 2. The molecule has 3 aromatic rings. The zero-order valence-corrected chi connectivity index (χ0v) is 21.7. The van der Waals surface area contributed by atoms with E-state index < -0.39 is 20.5 Å². The number of ether oxygens (including phenoxy) is 1. The molecule has 1 heterocycles. The van der Waals surface area contributed by atoms with Gasteiger partial charge in [-0.05, 0) is 42.3 Å². The molecule has 2 aromatic carbocycles. The van der Waals surface area contributed by atoms with Gasteiger partial charge in [0.1, 0.15) is 17.3 Å². The van der Waals surface area contributed by atoms with Crippen molar-refractivity contribution in [1.82, 2.24) is 0 Å². The highest BCUT2D eigenvalue weighted by Crippen LogP contribution is 2.38. The number of nitrogens with two attached hydrogens (primary N) is 3. The third-order valence-electron chi connectivity index (χ3n) is 4.12. The summed E-state index contributed by atoms with van der Waals surface area (Å²) in [6.45, 7) is 2.06. The van der Waals surface area contributed by atoms with Crippen molar-refractivity contribution in [2.45, 2.75) is 32.1 Å². The Balaban J connectivity index is 0. The van der Waals surface area contributed by atoms with Crippen molar-refractivity contribution in [1.29, 1.82) is 0 Å². The van der Waals surface area contributed by atoms with Gasteiger partial charge < -0.3 is 26.1 Å². The fourth-order valence-corrected chi connectivity index (χ4v) is 3.63. The lowest BCUT2D eigenvalue weighted by atomic mass is 10.0. The van der Waals surface area contributed by atoms with Crippen molar-refractivity contribution in [3.63, 3.8) is 0 Å². The molecule has 0 atom stereocenters. The molecular formula is C23H33N3O7S3. The number of carbonyl (C=O) groups is 2. The van der Waals surface area contributed by atoms with Gasteiger partial charge in [0, 0.05) is 17.5 Å². The van der Waals surface area contributed by atoms with Gasteiger partial charge in [-0.15, -0.1) is 0 Å². The lowest BCUT2D eigenvalue weighted by Gasteiger charge is -2.08. The summed E-state index contributed by atoms with van der Waals surface area (Å²) in [5.74, 6) is 2.05. The molecule has 36 heavy (non-hydrogen) atoms. The highest BCUT2D eigenvalue weighted by atomic mass is 32.2. The summed E-state index contributed by atoms with van der Waals surface area (Å²) in [6.07, 6.45) is 1.69. The molecule has 0 unspecified atom stereocenters. The van der Waals surface area contributed by atoms with Crippen LogP contribution < -0.4 is 21.3 Å². The Morgan fingerprint density at radius 3 is 1.92 bits per heavy atom. The minimum atomic E-state index is -3.87. The van der Waals surface area contributed by atoms with Gasteiger partial charge in [-0.2, -0.15) is 0 Å². The van der Waals surface area contributed by atoms with E-state index in [0.717, 1.165) is 35.5 Å². The third-order valence-corrected chi connectivity index (χ3v) is 5.09. The zero-order chi connectivity index (χ0) is 25.9. The number of hydrogen-bond donors (Lipinski definition) is 5. The molecule has 0 aliphatic heterocycles. The van der Waals surface area contributed by atoms with E-state index in [4.69, 9.17) is 23.9 Å². The number of thiol groups is 2. The van der Waals surface area contributed by atoms with Crippen LogP contribution in [0.25, 0.3) is 22.5 Å². The number of benzene rings is 2. The number of furan rings is 1. The second-order valence-electron chi connectivity index (χ2n) is 6.65. The molecule has 0 saturated carbocycles. The van der Waals surface area contributed by atoms with Gasteiger partial charge in [0.2, 0.25) is 10.0 Å². The van der Waals surface area contributed by atoms with Crippen LogP contribution in [0.3, 0.4) is 0 Å². The molecule has 0 bridgehead atoms. The first-order valence-electron chi connectivity index (χ1n) is 9.76. The van der Waals surface area contributed by atoms with Crippen molar-refractivity contribution in [2.24, 2.45) is 16.6 Å². The average molecular weight is 560 g/mol. The van der Waals surface area contributed by atoms with Gasteiger partial charge in [0.15, 0.2) is 0 Å². The monoisotopic (exact) mass is 559 g/mol. The van der Waals surface area contributed by atoms with E-state index in [1.807, 2.05) is 30.3 Å². The molecule has 3 rings (SSSR count). The minimum absolute atomic E-state index is 0. The van der Waals surface area contributed by atoms with E-state index in [1.165, 1.54) is 6.07 Å². The van der Waals surface area contributed by atoms with Gasteiger partial charge in [-0.1, -0.05) is 63.9 Å².